The van der Waals surface area contributed by atoms with Gasteiger partial charge in [0.15, 0.2) is 0 Å². The first-order valence-corrected chi connectivity index (χ1v) is 7.47. The molecule has 2 nitrogen and oxygen atoms in total. The number of nitrogens with zero attached hydrogens (tertiary/aromatic N) is 1. The Bertz CT molecular complexity index is 380. The highest BCUT2D eigenvalue weighted by molar-refractivity contribution is 5.16. The van der Waals surface area contributed by atoms with Gasteiger partial charge in [0.2, 0.25) is 0 Å². The van der Waals surface area contributed by atoms with Crippen LogP contribution in [-0.2, 0) is 6.42 Å². The molecule has 1 heterocycles. The van der Waals surface area contributed by atoms with Crippen LogP contribution in [0.15, 0.2) is 30.3 Å². The normalized spacial score (nSPS) is 25.5. The van der Waals surface area contributed by atoms with Crippen molar-refractivity contribution < 1.29 is 0 Å². The van der Waals surface area contributed by atoms with Gasteiger partial charge in [-0.15, -0.1) is 0 Å². The van der Waals surface area contributed by atoms with Crippen molar-refractivity contribution in [3.05, 3.63) is 35.9 Å². The van der Waals surface area contributed by atoms with Crippen LogP contribution in [-0.4, -0.2) is 30.1 Å². The van der Waals surface area contributed by atoms with Gasteiger partial charge in [0, 0.05) is 18.6 Å². The molecule has 0 saturated carbocycles. The lowest BCUT2D eigenvalue weighted by atomic mass is 9.89. The van der Waals surface area contributed by atoms with E-state index in [9.17, 15) is 0 Å². The quantitative estimate of drug-likeness (QED) is 0.905. The van der Waals surface area contributed by atoms with Gasteiger partial charge in [-0.05, 0) is 36.8 Å². The van der Waals surface area contributed by atoms with E-state index in [4.69, 9.17) is 5.73 Å². The highest BCUT2D eigenvalue weighted by atomic mass is 15.2. The van der Waals surface area contributed by atoms with Crippen LogP contribution < -0.4 is 5.73 Å². The SMILES string of the molecule is CC(C)(C)CN1CCC(N)CC1Cc1ccccc1. The van der Waals surface area contributed by atoms with Gasteiger partial charge < -0.3 is 5.73 Å². The molecule has 0 radical (unpaired) electrons. The lowest BCUT2D eigenvalue weighted by molar-refractivity contribution is 0.0941. The van der Waals surface area contributed by atoms with Gasteiger partial charge in [0.25, 0.3) is 0 Å². The lowest BCUT2D eigenvalue weighted by Crippen LogP contribution is -2.50. The van der Waals surface area contributed by atoms with Crippen molar-refractivity contribution in [2.75, 3.05) is 13.1 Å². The molecule has 2 heteroatoms. The fourth-order valence-electron chi connectivity index (χ4n) is 3.05. The number of hydrogen-bond donors (Lipinski definition) is 1. The number of benzene rings is 1. The minimum absolute atomic E-state index is 0.358. The Morgan fingerprint density at radius 2 is 1.89 bits per heavy atom. The predicted molar refractivity (Wildman–Crippen MR) is 82.2 cm³/mol. The maximum absolute atomic E-state index is 6.18. The Labute approximate surface area is 118 Å². The summed E-state index contributed by atoms with van der Waals surface area (Å²) in [6, 6.07) is 11.8. The molecule has 1 saturated heterocycles. The first kappa shape index (κ1) is 14.5. The maximum atomic E-state index is 6.18. The molecule has 0 aliphatic carbocycles. The molecule has 1 aliphatic heterocycles. The standard InChI is InChI=1S/C17H28N2/c1-17(2,3)13-19-10-9-15(18)12-16(19)11-14-7-5-4-6-8-14/h4-8,15-16H,9-13,18H2,1-3H3. The van der Waals surface area contributed by atoms with Crippen molar-refractivity contribution in [2.24, 2.45) is 11.1 Å². The van der Waals surface area contributed by atoms with E-state index in [1.807, 2.05) is 0 Å². The second-order valence-electron chi connectivity index (χ2n) is 7.16. The van der Waals surface area contributed by atoms with Crippen LogP contribution >= 0.6 is 0 Å². The molecule has 1 aromatic carbocycles. The summed E-state index contributed by atoms with van der Waals surface area (Å²) in [4.78, 5) is 2.65. The van der Waals surface area contributed by atoms with E-state index in [1.54, 1.807) is 0 Å². The van der Waals surface area contributed by atoms with Gasteiger partial charge in [0.05, 0.1) is 0 Å². The lowest BCUT2D eigenvalue weighted by Gasteiger charge is -2.41. The van der Waals surface area contributed by atoms with Crippen LogP contribution in [0, 0.1) is 5.41 Å². The van der Waals surface area contributed by atoms with Crippen molar-refractivity contribution in [3.63, 3.8) is 0 Å². The molecule has 2 N–H and O–H groups in total. The fourth-order valence-corrected chi connectivity index (χ4v) is 3.05. The summed E-state index contributed by atoms with van der Waals surface area (Å²) in [6.45, 7) is 9.27. The van der Waals surface area contributed by atoms with Gasteiger partial charge in [-0.2, -0.15) is 0 Å². The summed E-state index contributed by atoms with van der Waals surface area (Å²) in [5.41, 5.74) is 7.97. The Morgan fingerprint density at radius 3 is 2.53 bits per heavy atom. The first-order chi connectivity index (χ1) is 8.94. The molecule has 2 rings (SSSR count). The van der Waals surface area contributed by atoms with E-state index in [2.05, 4.69) is 56.0 Å². The minimum Gasteiger partial charge on any atom is -0.328 e. The van der Waals surface area contributed by atoms with Gasteiger partial charge in [-0.25, -0.2) is 0 Å². The molecule has 1 aromatic rings. The molecule has 0 amide bonds. The highest BCUT2D eigenvalue weighted by Gasteiger charge is 2.29. The van der Waals surface area contributed by atoms with Crippen LogP contribution in [0.3, 0.4) is 0 Å². The van der Waals surface area contributed by atoms with E-state index in [-0.39, 0.29) is 0 Å². The monoisotopic (exact) mass is 260 g/mol. The molecule has 0 aromatic heterocycles. The average molecular weight is 260 g/mol. The zero-order chi connectivity index (χ0) is 13.9. The van der Waals surface area contributed by atoms with E-state index in [1.165, 1.54) is 5.56 Å². The summed E-state index contributed by atoms with van der Waals surface area (Å²) < 4.78 is 0. The minimum atomic E-state index is 0.358. The number of rotatable bonds is 3. The Balaban J connectivity index is 2.04. The van der Waals surface area contributed by atoms with Crippen LogP contribution in [0.25, 0.3) is 0 Å². The van der Waals surface area contributed by atoms with E-state index in [0.29, 0.717) is 17.5 Å². The summed E-state index contributed by atoms with van der Waals surface area (Å²) in [6.07, 6.45) is 3.40. The first-order valence-electron chi connectivity index (χ1n) is 7.47. The molecule has 106 valence electrons. The third-order valence-electron chi connectivity index (χ3n) is 3.87. The zero-order valence-corrected chi connectivity index (χ0v) is 12.6. The Hall–Kier alpha value is -0.860. The van der Waals surface area contributed by atoms with E-state index >= 15 is 0 Å². The Kier molecular flexibility index (Phi) is 4.64. The predicted octanol–water partition coefficient (Wildman–Crippen LogP) is 3.07. The largest absolute Gasteiger partial charge is 0.328 e. The molecule has 1 fully saturated rings. The van der Waals surface area contributed by atoms with E-state index < -0.39 is 0 Å². The number of hydrogen-bond acceptors (Lipinski definition) is 2. The summed E-state index contributed by atoms with van der Waals surface area (Å²) in [5.74, 6) is 0. The fraction of sp³-hybridized carbons (Fsp3) is 0.647. The summed E-state index contributed by atoms with van der Waals surface area (Å²) in [7, 11) is 0. The van der Waals surface area contributed by atoms with Crippen molar-refractivity contribution in [3.8, 4) is 0 Å². The van der Waals surface area contributed by atoms with Crippen LogP contribution in [0.1, 0.15) is 39.2 Å². The zero-order valence-electron chi connectivity index (χ0n) is 12.6. The van der Waals surface area contributed by atoms with Crippen molar-refractivity contribution in [1.29, 1.82) is 0 Å². The average Bonchev–Trinajstić information content (AvgIpc) is 2.32. The van der Waals surface area contributed by atoms with Crippen molar-refractivity contribution >= 4 is 0 Å². The third-order valence-corrected chi connectivity index (χ3v) is 3.87. The second-order valence-corrected chi connectivity index (χ2v) is 7.16. The van der Waals surface area contributed by atoms with Crippen LogP contribution in [0.2, 0.25) is 0 Å². The van der Waals surface area contributed by atoms with Crippen LogP contribution in [0.5, 0.6) is 0 Å². The molecule has 1 aliphatic rings. The van der Waals surface area contributed by atoms with Gasteiger partial charge in [-0.1, -0.05) is 51.1 Å². The maximum Gasteiger partial charge on any atom is 0.0151 e. The summed E-state index contributed by atoms with van der Waals surface area (Å²) >= 11 is 0. The molecular formula is C17H28N2. The van der Waals surface area contributed by atoms with Crippen molar-refractivity contribution in [2.45, 2.75) is 52.1 Å². The smallest absolute Gasteiger partial charge is 0.0151 e. The molecular weight excluding hydrogens is 232 g/mol. The van der Waals surface area contributed by atoms with Crippen molar-refractivity contribution in [1.82, 2.24) is 4.90 Å². The highest BCUT2D eigenvalue weighted by Crippen LogP contribution is 2.25. The van der Waals surface area contributed by atoms with Gasteiger partial charge in [0.1, 0.15) is 0 Å². The van der Waals surface area contributed by atoms with Gasteiger partial charge in [-0.3, -0.25) is 4.90 Å². The number of likely N-dealkylation sites (tertiary alicyclic amines) is 1. The third kappa shape index (κ3) is 4.63. The van der Waals surface area contributed by atoms with Crippen LogP contribution in [0.4, 0.5) is 0 Å². The molecule has 19 heavy (non-hydrogen) atoms. The molecule has 2 atom stereocenters. The van der Waals surface area contributed by atoms with Gasteiger partial charge >= 0.3 is 0 Å². The molecule has 0 spiro atoms. The topological polar surface area (TPSA) is 29.3 Å². The second kappa shape index (κ2) is 6.06. The number of piperidine rings is 1. The summed E-state index contributed by atoms with van der Waals surface area (Å²) in [5, 5.41) is 0. The molecule has 2 unspecified atom stereocenters. The number of nitrogens with two attached hydrogens (primary N) is 1. The van der Waals surface area contributed by atoms with E-state index in [0.717, 1.165) is 32.4 Å². The molecule has 0 bridgehead atoms. The Morgan fingerprint density at radius 1 is 1.21 bits per heavy atom.